The van der Waals surface area contributed by atoms with Crippen LogP contribution in [0.15, 0.2) is 70.1 Å². The summed E-state index contributed by atoms with van der Waals surface area (Å²) in [5, 5.41) is 0. The third-order valence-electron chi connectivity index (χ3n) is 6.77. The summed E-state index contributed by atoms with van der Waals surface area (Å²) in [7, 11) is 0. The molecule has 10 heteroatoms. The fourth-order valence-electron chi connectivity index (χ4n) is 5.16. The fraction of sp³-hybridized carbons (Fsp3) is 0.467. The minimum Gasteiger partial charge on any atom is -0.351 e. The third-order valence-corrected chi connectivity index (χ3v) is 7.54. The number of amides is 2. The normalized spacial score (nSPS) is 19.2. The van der Waals surface area contributed by atoms with E-state index >= 15 is 0 Å². The number of hydrogen-bond donors (Lipinski definition) is 0. The zero-order valence-corrected chi connectivity index (χ0v) is 25.1. The molecule has 0 saturated heterocycles. The molecule has 0 spiro atoms. The van der Waals surface area contributed by atoms with E-state index in [-0.39, 0.29) is 24.9 Å². The van der Waals surface area contributed by atoms with Crippen LogP contribution < -0.4 is 0 Å². The van der Waals surface area contributed by atoms with Crippen LogP contribution in [-0.2, 0) is 28.5 Å². The van der Waals surface area contributed by atoms with E-state index in [0.29, 0.717) is 82.7 Å². The molecule has 0 fully saturated rings. The number of allylic oxidation sites excluding steroid dienone is 8. The van der Waals surface area contributed by atoms with Gasteiger partial charge in [-0.1, -0.05) is 60.9 Å². The van der Waals surface area contributed by atoms with Gasteiger partial charge in [0.1, 0.15) is 0 Å². The summed E-state index contributed by atoms with van der Waals surface area (Å²) in [6, 6.07) is 0. The van der Waals surface area contributed by atoms with Gasteiger partial charge in [-0.05, 0) is 27.7 Å². The molecule has 4 aliphatic rings. The van der Waals surface area contributed by atoms with E-state index in [1.54, 1.807) is 9.80 Å². The van der Waals surface area contributed by atoms with Crippen LogP contribution in [0.2, 0.25) is 0 Å². The molecule has 0 radical (unpaired) electrons. The predicted molar refractivity (Wildman–Crippen MR) is 160 cm³/mol. The quantitative estimate of drug-likeness (QED) is 0.218. The second kappa shape index (κ2) is 13.8. The number of rotatable bonds is 14. The van der Waals surface area contributed by atoms with Gasteiger partial charge >= 0.3 is 0 Å². The highest BCUT2D eigenvalue weighted by Crippen LogP contribution is 2.46. The largest absolute Gasteiger partial charge is 0.351 e. The van der Waals surface area contributed by atoms with Crippen LogP contribution in [0.25, 0.3) is 0 Å². The van der Waals surface area contributed by atoms with Gasteiger partial charge < -0.3 is 28.7 Å². The Morgan fingerprint density at radius 2 is 1.02 bits per heavy atom. The lowest BCUT2D eigenvalue weighted by atomic mass is 9.95. The lowest BCUT2D eigenvalue weighted by Crippen LogP contribution is -2.41. The van der Waals surface area contributed by atoms with Crippen LogP contribution in [-0.4, -0.2) is 83.4 Å². The molecule has 2 aliphatic heterocycles. The van der Waals surface area contributed by atoms with Gasteiger partial charge in [-0.15, -0.1) is 0 Å². The Bertz CT molecular complexity index is 1150. The van der Waals surface area contributed by atoms with E-state index in [2.05, 4.69) is 0 Å². The van der Waals surface area contributed by atoms with Crippen molar-refractivity contribution in [3.05, 3.63) is 70.1 Å². The molecule has 0 aromatic heterocycles. The molecule has 40 heavy (non-hydrogen) atoms. The van der Waals surface area contributed by atoms with E-state index in [9.17, 15) is 9.59 Å². The summed E-state index contributed by atoms with van der Waals surface area (Å²) >= 11 is 11.5. The van der Waals surface area contributed by atoms with Gasteiger partial charge in [0, 0.05) is 60.1 Å². The van der Waals surface area contributed by atoms with Crippen LogP contribution in [0, 0.1) is 0 Å². The Hall–Kier alpha value is -2.60. The maximum Gasteiger partial charge on any atom is 0.261 e. The second-order valence-corrected chi connectivity index (χ2v) is 10.2. The third kappa shape index (κ3) is 6.02. The first-order chi connectivity index (χ1) is 19.4. The molecule has 0 bridgehead atoms. The predicted octanol–water partition coefficient (Wildman–Crippen LogP) is 4.49. The van der Waals surface area contributed by atoms with E-state index in [4.69, 9.17) is 43.4 Å². The van der Waals surface area contributed by atoms with Crippen molar-refractivity contribution >= 4 is 46.0 Å². The van der Waals surface area contributed by atoms with Crippen LogP contribution >= 0.6 is 24.4 Å². The zero-order valence-electron chi connectivity index (χ0n) is 23.4. The molecule has 0 N–H and O–H groups in total. The number of thiocarbonyl (C=S) groups is 2. The molecule has 4 rings (SSSR count). The van der Waals surface area contributed by atoms with Crippen LogP contribution in [0.4, 0.5) is 0 Å². The van der Waals surface area contributed by atoms with Gasteiger partial charge in [0.05, 0.1) is 35.6 Å². The molecule has 8 nitrogen and oxygen atoms in total. The molecule has 2 heterocycles. The Morgan fingerprint density at radius 1 is 0.675 bits per heavy atom. The minimum atomic E-state index is -0.671. The number of carbonyl (C=O) groups excluding carboxylic acids is 2. The summed E-state index contributed by atoms with van der Waals surface area (Å²) in [6.45, 7) is 9.33. The van der Waals surface area contributed by atoms with Crippen molar-refractivity contribution in [2.45, 2.75) is 53.1 Å². The van der Waals surface area contributed by atoms with E-state index in [1.807, 2.05) is 64.2 Å². The van der Waals surface area contributed by atoms with E-state index in [0.717, 1.165) is 0 Å². The van der Waals surface area contributed by atoms with Gasteiger partial charge in [0.25, 0.3) is 11.8 Å². The first kappa shape index (κ1) is 30.4. The summed E-state index contributed by atoms with van der Waals surface area (Å²) in [6.07, 6.45) is 11.2. The lowest BCUT2D eigenvalue weighted by Gasteiger charge is -2.31. The van der Waals surface area contributed by atoms with Crippen LogP contribution in [0.5, 0.6) is 0 Å². The molecular weight excluding hydrogens is 548 g/mol. The number of fused-ring (bicyclic) bond motifs is 1. The van der Waals surface area contributed by atoms with Gasteiger partial charge in [0.15, 0.2) is 12.6 Å². The fourth-order valence-corrected chi connectivity index (χ4v) is 5.68. The van der Waals surface area contributed by atoms with Crippen molar-refractivity contribution in [1.29, 1.82) is 0 Å². The van der Waals surface area contributed by atoms with Gasteiger partial charge in [-0.3, -0.25) is 9.59 Å². The highest BCUT2D eigenvalue weighted by Gasteiger charge is 2.51. The van der Waals surface area contributed by atoms with Crippen molar-refractivity contribution < 1.29 is 28.5 Å². The standard InChI is InChI=1S/C30H36N2O6S2/c1-5-35-23(36-6-2)17-31-27(19-13-9-11-15-21(19)39)25-26(29(31)33)28(20-14-10-12-16-22(20)40)32(30(25)34)18-24(37-7-3)38-8-4/h9-14,23-24H,5-8,15-18H2,1-4H3. The van der Waals surface area contributed by atoms with Crippen molar-refractivity contribution in [3.8, 4) is 0 Å². The summed E-state index contributed by atoms with van der Waals surface area (Å²) < 4.78 is 23.2. The average molecular weight is 585 g/mol. The minimum absolute atomic E-state index is 0.108. The van der Waals surface area contributed by atoms with E-state index in [1.165, 1.54) is 0 Å². The molecule has 0 aromatic rings. The SMILES string of the molecule is CCOC(CN1C(=O)C2=C(C3=CC=CCC3=S)N(CC(OCC)OCC)C(=O)C2=C1C1=CC=CCC1=S)OCC. The van der Waals surface area contributed by atoms with Crippen molar-refractivity contribution in [3.63, 3.8) is 0 Å². The maximum atomic E-state index is 14.4. The zero-order chi connectivity index (χ0) is 28.8. The smallest absolute Gasteiger partial charge is 0.261 e. The van der Waals surface area contributed by atoms with Gasteiger partial charge in [-0.2, -0.15) is 0 Å². The highest BCUT2D eigenvalue weighted by atomic mass is 32.1. The average Bonchev–Trinajstić information content (AvgIpc) is 3.36. The van der Waals surface area contributed by atoms with Gasteiger partial charge in [-0.25, -0.2) is 0 Å². The summed E-state index contributed by atoms with van der Waals surface area (Å²) in [5.74, 6) is -0.637. The number of ether oxygens (including phenoxy) is 4. The Balaban J connectivity index is 1.92. The number of hydrogen-bond acceptors (Lipinski definition) is 8. The Morgan fingerprint density at radius 3 is 1.32 bits per heavy atom. The monoisotopic (exact) mass is 584 g/mol. The first-order valence-electron chi connectivity index (χ1n) is 13.8. The molecule has 0 saturated carbocycles. The van der Waals surface area contributed by atoms with Crippen LogP contribution in [0.1, 0.15) is 40.5 Å². The molecular formula is C30H36N2O6S2. The molecule has 2 aliphatic carbocycles. The highest BCUT2D eigenvalue weighted by molar-refractivity contribution is 7.81. The maximum absolute atomic E-state index is 14.4. The van der Waals surface area contributed by atoms with Crippen molar-refractivity contribution in [2.24, 2.45) is 0 Å². The topological polar surface area (TPSA) is 77.5 Å². The molecule has 0 unspecified atom stereocenters. The Labute approximate surface area is 246 Å². The molecule has 0 aromatic carbocycles. The second-order valence-electron chi connectivity index (χ2n) is 9.23. The molecule has 0 atom stereocenters. The Kier molecular flexibility index (Phi) is 10.5. The van der Waals surface area contributed by atoms with E-state index < -0.39 is 12.6 Å². The van der Waals surface area contributed by atoms with Crippen molar-refractivity contribution in [2.75, 3.05) is 39.5 Å². The summed E-state index contributed by atoms with van der Waals surface area (Å²) in [5.41, 5.74) is 2.91. The lowest BCUT2D eigenvalue weighted by molar-refractivity contribution is -0.153. The number of carbonyl (C=O) groups is 2. The first-order valence-corrected chi connectivity index (χ1v) is 14.6. The van der Waals surface area contributed by atoms with Crippen molar-refractivity contribution in [1.82, 2.24) is 9.80 Å². The van der Waals surface area contributed by atoms with Gasteiger partial charge in [0.2, 0.25) is 0 Å². The molecule has 2 amide bonds. The van der Waals surface area contributed by atoms with Crippen LogP contribution in [0.3, 0.4) is 0 Å². The molecule has 214 valence electrons. The summed E-state index contributed by atoms with van der Waals surface area (Å²) in [4.78, 5) is 33.2. The number of nitrogens with zero attached hydrogens (tertiary/aromatic N) is 2.